The molecule has 1 fully saturated rings. The number of alkyl carbamates (subject to hydrolysis) is 1. The number of ether oxygens (including phenoxy) is 1. The lowest BCUT2D eigenvalue weighted by atomic mass is 9.98. The molecule has 4 rings (SSSR count). The van der Waals surface area contributed by atoms with Gasteiger partial charge in [0.2, 0.25) is 5.91 Å². The monoisotopic (exact) mass is 478 g/mol. The lowest BCUT2D eigenvalue weighted by Crippen LogP contribution is -2.37. The molecule has 2 aromatic carbocycles. The topological polar surface area (TPSA) is 105 Å². The second-order valence-corrected chi connectivity index (χ2v) is 9.70. The number of benzene rings is 2. The van der Waals surface area contributed by atoms with Crippen LogP contribution in [-0.4, -0.2) is 41.8 Å². The minimum absolute atomic E-state index is 0.0195. The van der Waals surface area contributed by atoms with Crippen molar-refractivity contribution >= 4 is 18.0 Å². The Balaban J connectivity index is 1.24. The molecule has 2 amide bonds. The van der Waals surface area contributed by atoms with Crippen LogP contribution in [-0.2, 0) is 14.3 Å². The van der Waals surface area contributed by atoms with E-state index in [9.17, 15) is 14.4 Å². The SMILES string of the molecule is CCC[C@@H](CC(=O)O)NC(=O)CC1CCC(NC(=O)OCC2c3ccccc3-c3ccccc32)C1. The molecule has 0 bridgehead atoms. The van der Waals surface area contributed by atoms with Gasteiger partial charge in [0.05, 0.1) is 6.42 Å². The normalized spacial score (nSPS) is 19.5. The van der Waals surface area contributed by atoms with Gasteiger partial charge in [0.25, 0.3) is 0 Å². The first-order valence-electron chi connectivity index (χ1n) is 12.6. The lowest BCUT2D eigenvalue weighted by molar-refractivity contribution is -0.137. The second kappa shape index (κ2) is 11.4. The molecule has 186 valence electrons. The first-order chi connectivity index (χ1) is 16.9. The quantitative estimate of drug-likeness (QED) is 0.453. The van der Waals surface area contributed by atoms with Crippen LogP contribution in [0.5, 0.6) is 0 Å². The second-order valence-electron chi connectivity index (χ2n) is 9.70. The molecule has 7 nitrogen and oxygen atoms in total. The summed E-state index contributed by atoms with van der Waals surface area (Å²) in [6.45, 7) is 2.25. The molecular weight excluding hydrogens is 444 g/mol. The standard InChI is InChI=1S/C28H34N2O5/c1-2-7-19(16-27(32)33)29-26(31)15-18-12-13-20(14-18)30-28(34)35-17-25-23-10-5-3-8-21(23)22-9-4-6-11-24(22)25/h3-6,8-11,18-20,25H,2,7,12-17H2,1H3,(H,29,31)(H,30,34)(H,32,33)/t18?,19-,20?/m0/s1. The highest BCUT2D eigenvalue weighted by Gasteiger charge is 2.31. The van der Waals surface area contributed by atoms with Crippen LogP contribution in [0.3, 0.4) is 0 Å². The molecule has 0 aliphatic heterocycles. The Morgan fingerprint density at radius 2 is 1.69 bits per heavy atom. The highest BCUT2D eigenvalue weighted by Crippen LogP contribution is 2.44. The molecule has 0 heterocycles. The molecule has 2 aliphatic carbocycles. The van der Waals surface area contributed by atoms with Gasteiger partial charge >= 0.3 is 12.1 Å². The third-order valence-electron chi connectivity index (χ3n) is 7.10. The van der Waals surface area contributed by atoms with Crippen molar-refractivity contribution in [1.82, 2.24) is 10.6 Å². The third-order valence-corrected chi connectivity index (χ3v) is 7.10. The molecular formula is C28H34N2O5. The molecule has 0 spiro atoms. The smallest absolute Gasteiger partial charge is 0.407 e. The first kappa shape index (κ1) is 24.8. The highest BCUT2D eigenvalue weighted by molar-refractivity contribution is 5.79. The van der Waals surface area contributed by atoms with Gasteiger partial charge < -0.3 is 20.5 Å². The number of carbonyl (C=O) groups excluding carboxylic acids is 2. The van der Waals surface area contributed by atoms with Crippen molar-refractivity contribution in [3.8, 4) is 11.1 Å². The van der Waals surface area contributed by atoms with Crippen LogP contribution in [0.2, 0.25) is 0 Å². The van der Waals surface area contributed by atoms with Crippen molar-refractivity contribution in [2.24, 2.45) is 5.92 Å². The Labute approximate surface area is 206 Å². The van der Waals surface area contributed by atoms with Crippen LogP contribution < -0.4 is 10.6 Å². The van der Waals surface area contributed by atoms with E-state index in [4.69, 9.17) is 9.84 Å². The molecule has 7 heteroatoms. The maximum Gasteiger partial charge on any atom is 0.407 e. The minimum atomic E-state index is -0.906. The van der Waals surface area contributed by atoms with Gasteiger partial charge in [-0.05, 0) is 53.9 Å². The van der Waals surface area contributed by atoms with Crippen molar-refractivity contribution in [3.63, 3.8) is 0 Å². The molecule has 35 heavy (non-hydrogen) atoms. The molecule has 0 saturated heterocycles. The van der Waals surface area contributed by atoms with E-state index in [-0.39, 0.29) is 42.9 Å². The van der Waals surface area contributed by atoms with Crippen LogP contribution in [0.25, 0.3) is 11.1 Å². The largest absolute Gasteiger partial charge is 0.481 e. The average Bonchev–Trinajstić information content (AvgIpc) is 3.39. The average molecular weight is 479 g/mol. The van der Waals surface area contributed by atoms with E-state index in [1.54, 1.807) is 0 Å². The fourth-order valence-corrected chi connectivity index (χ4v) is 5.53. The molecule has 0 radical (unpaired) electrons. The summed E-state index contributed by atoms with van der Waals surface area (Å²) in [4.78, 5) is 36.0. The summed E-state index contributed by atoms with van der Waals surface area (Å²) in [5.41, 5.74) is 4.74. The van der Waals surface area contributed by atoms with Crippen LogP contribution in [0.1, 0.15) is 68.9 Å². The van der Waals surface area contributed by atoms with Crippen molar-refractivity contribution in [2.45, 2.75) is 69.9 Å². The minimum Gasteiger partial charge on any atom is -0.481 e. The molecule has 1 saturated carbocycles. The zero-order valence-electron chi connectivity index (χ0n) is 20.2. The van der Waals surface area contributed by atoms with Gasteiger partial charge in [-0.3, -0.25) is 9.59 Å². The maximum atomic E-state index is 12.6. The number of amides is 2. The molecule has 2 aromatic rings. The van der Waals surface area contributed by atoms with E-state index >= 15 is 0 Å². The van der Waals surface area contributed by atoms with Gasteiger partial charge in [0, 0.05) is 24.4 Å². The fraction of sp³-hybridized carbons (Fsp3) is 0.464. The van der Waals surface area contributed by atoms with Gasteiger partial charge in [-0.15, -0.1) is 0 Å². The van der Waals surface area contributed by atoms with Crippen LogP contribution in [0, 0.1) is 5.92 Å². The number of carboxylic acids is 1. The predicted molar refractivity (Wildman–Crippen MR) is 133 cm³/mol. The Morgan fingerprint density at radius 1 is 1.03 bits per heavy atom. The summed E-state index contributed by atoms with van der Waals surface area (Å²) in [5, 5.41) is 14.9. The Bertz CT molecular complexity index is 1020. The molecule has 3 N–H and O–H groups in total. The zero-order chi connectivity index (χ0) is 24.8. The summed E-state index contributed by atoms with van der Waals surface area (Å²) in [5.74, 6) is -0.829. The van der Waals surface area contributed by atoms with Crippen LogP contribution in [0.15, 0.2) is 48.5 Å². The van der Waals surface area contributed by atoms with E-state index in [1.807, 2.05) is 31.2 Å². The Morgan fingerprint density at radius 3 is 2.31 bits per heavy atom. The van der Waals surface area contributed by atoms with E-state index in [2.05, 4.69) is 34.9 Å². The summed E-state index contributed by atoms with van der Waals surface area (Å²) in [7, 11) is 0. The van der Waals surface area contributed by atoms with Crippen LogP contribution in [0.4, 0.5) is 4.79 Å². The molecule has 2 aliphatic rings. The molecule has 2 unspecified atom stereocenters. The summed E-state index contributed by atoms with van der Waals surface area (Å²) in [6, 6.07) is 16.1. The Kier molecular flexibility index (Phi) is 8.06. The van der Waals surface area contributed by atoms with E-state index < -0.39 is 12.1 Å². The molecule has 3 atom stereocenters. The third kappa shape index (κ3) is 6.21. The van der Waals surface area contributed by atoms with Gasteiger partial charge in [-0.2, -0.15) is 0 Å². The number of rotatable bonds is 10. The number of fused-ring (bicyclic) bond motifs is 3. The Hall–Kier alpha value is -3.35. The summed E-state index contributed by atoms with van der Waals surface area (Å²) < 4.78 is 5.65. The van der Waals surface area contributed by atoms with Gasteiger partial charge in [0.15, 0.2) is 0 Å². The van der Waals surface area contributed by atoms with Gasteiger partial charge in [-0.25, -0.2) is 4.79 Å². The van der Waals surface area contributed by atoms with E-state index in [0.717, 1.165) is 25.7 Å². The van der Waals surface area contributed by atoms with E-state index in [0.29, 0.717) is 12.8 Å². The van der Waals surface area contributed by atoms with Crippen molar-refractivity contribution in [3.05, 3.63) is 59.7 Å². The number of aliphatic carboxylic acids is 1. The molecule has 0 aromatic heterocycles. The number of hydrogen-bond donors (Lipinski definition) is 3. The number of carboxylic acid groups (broad SMARTS) is 1. The van der Waals surface area contributed by atoms with Gasteiger partial charge in [-0.1, -0.05) is 61.9 Å². The maximum absolute atomic E-state index is 12.6. The highest BCUT2D eigenvalue weighted by atomic mass is 16.5. The predicted octanol–water partition coefficient (Wildman–Crippen LogP) is 4.84. The van der Waals surface area contributed by atoms with Gasteiger partial charge in [0.1, 0.15) is 6.61 Å². The van der Waals surface area contributed by atoms with E-state index in [1.165, 1.54) is 22.3 Å². The van der Waals surface area contributed by atoms with Crippen molar-refractivity contribution in [1.29, 1.82) is 0 Å². The summed E-state index contributed by atoms with van der Waals surface area (Å²) in [6.07, 6.45) is 3.69. The number of hydrogen-bond acceptors (Lipinski definition) is 4. The number of carbonyl (C=O) groups is 3. The first-order valence-corrected chi connectivity index (χ1v) is 12.6. The lowest BCUT2D eigenvalue weighted by Gasteiger charge is -2.18. The van der Waals surface area contributed by atoms with Crippen molar-refractivity contribution < 1.29 is 24.2 Å². The number of nitrogens with one attached hydrogen (secondary N) is 2. The fourth-order valence-electron chi connectivity index (χ4n) is 5.53. The van der Waals surface area contributed by atoms with Crippen LogP contribution >= 0.6 is 0 Å². The zero-order valence-corrected chi connectivity index (χ0v) is 20.2. The van der Waals surface area contributed by atoms with Crippen molar-refractivity contribution in [2.75, 3.05) is 6.61 Å². The summed E-state index contributed by atoms with van der Waals surface area (Å²) >= 11 is 0.